The number of pyridine rings is 1. The zero-order valence-corrected chi connectivity index (χ0v) is 18.1. The number of carbonyl (C=O) groups is 3. The van der Waals surface area contributed by atoms with Gasteiger partial charge in [-0.1, -0.05) is 6.92 Å². The van der Waals surface area contributed by atoms with Gasteiger partial charge < -0.3 is 21.3 Å². The molecule has 3 rings (SSSR count). The molecule has 4 N–H and O–H groups in total. The molecule has 1 aromatic heterocycles. The number of hydrogen-bond donors (Lipinski definition) is 3. The molecule has 1 unspecified atom stereocenters. The molecule has 2 fully saturated rings. The third kappa shape index (κ3) is 5.29. The smallest absolute Gasteiger partial charge is 0.313 e. The maximum absolute atomic E-state index is 13.1. The largest absolute Gasteiger partial charge is 0.383 e. The van der Waals surface area contributed by atoms with Gasteiger partial charge in [0.05, 0.1) is 11.9 Å². The van der Waals surface area contributed by atoms with Crippen LogP contribution in [-0.2, 0) is 14.4 Å². The molecule has 1 aliphatic carbocycles. The van der Waals surface area contributed by atoms with E-state index in [2.05, 4.69) is 22.5 Å². The van der Waals surface area contributed by atoms with Crippen LogP contribution in [-0.4, -0.2) is 46.2 Å². The highest BCUT2D eigenvalue weighted by Crippen LogP contribution is 2.35. The summed E-state index contributed by atoms with van der Waals surface area (Å²) in [5, 5.41) is 5.68. The fraction of sp³-hybridized carbons (Fsp3) is 0.636. The van der Waals surface area contributed by atoms with E-state index >= 15 is 0 Å². The SMILES string of the molecule is CC(=O)NC1CCC(C2CC[C@@H](C)CN2C(=O)C(=O)Nc2cnc(N)c(C)c2)CC1. The molecule has 8 heteroatoms. The molecule has 1 saturated heterocycles. The quantitative estimate of drug-likeness (QED) is 0.655. The van der Waals surface area contributed by atoms with Gasteiger partial charge in [0.2, 0.25) is 5.91 Å². The van der Waals surface area contributed by atoms with Crippen molar-refractivity contribution in [3.05, 3.63) is 17.8 Å². The predicted octanol–water partition coefficient (Wildman–Crippen LogP) is 2.23. The van der Waals surface area contributed by atoms with Crippen molar-refractivity contribution in [2.45, 2.75) is 71.4 Å². The highest BCUT2D eigenvalue weighted by Gasteiger charge is 2.39. The number of nitrogens with zero attached hydrogens (tertiary/aromatic N) is 2. The molecule has 0 aromatic carbocycles. The molecule has 1 saturated carbocycles. The summed E-state index contributed by atoms with van der Waals surface area (Å²) in [4.78, 5) is 42.9. The Morgan fingerprint density at radius 2 is 1.83 bits per heavy atom. The van der Waals surface area contributed by atoms with Gasteiger partial charge in [0.25, 0.3) is 0 Å². The van der Waals surface area contributed by atoms with Gasteiger partial charge in [0.15, 0.2) is 0 Å². The van der Waals surface area contributed by atoms with Crippen molar-refractivity contribution in [3.8, 4) is 0 Å². The van der Waals surface area contributed by atoms with E-state index in [1.165, 1.54) is 6.20 Å². The number of piperidine rings is 1. The zero-order valence-electron chi connectivity index (χ0n) is 18.1. The van der Waals surface area contributed by atoms with Gasteiger partial charge in [-0.25, -0.2) is 4.98 Å². The maximum atomic E-state index is 13.1. The summed E-state index contributed by atoms with van der Waals surface area (Å²) in [5.41, 5.74) is 6.95. The number of likely N-dealkylation sites (tertiary alicyclic amines) is 1. The Bertz CT molecular complexity index is 804. The molecule has 164 valence electrons. The fourth-order valence-electron chi connectivity index (χ4n) is 4.80. The Balaban J connectivity index is 1.66. The molecular formula is C22H33N5O3. The van der Waals surface area contributed by atoms with E-state index in [1.54, 1.807) is 24.8 Å². The monoisotopic (exact) mass is 415 g/mol. The number of carbonyl (C=O) groups excluding carboxylic acids is 3. The summed E-state index contributed by atoms with van der Waals surface area (Å²) in [6.07, 6.45) is 7.18. The van der Waals surface area contributed by atoms with Crippen LogP contribution in [0, 0.1) is 18.8 Å². The van der Waals surface area contributed by atoms with E-state index in [9.17, 15) is 14.4 Å². The lowest BCUT2D eigenvalue weighted by molar-refractivity contribution is -0.147. The second kappa shape index (κ2) is 9.45. The van der Waals surface area contributed by atoms with Gasteiger partial charge >= 0.3 is 11.8 Å². The van der Waals surface area contributed by atoms with Gasteiger partial charge in [-0.2, -0.15) is 0 Å². The molecule has 0 spiro atoms. The maximum Gasteiger partial charge on any atom is 0.313 e. The van der Waals surface area contributed by atoms with E-state index in [4.69, 9.17) is 5.73 Å². The van der Waals surface area contributed by atoms with Crippen LogP contribution in [0.1, 0.15) is 57.9 Å². The lowest BCUT2D eigenvalue weighted by Gasteiger charge is -2.44. The average Bonchev–Trinajstić information content (AvgIpc) is 2.70. The molecule has 30 heavy (non-hydrogen) atoms. The van der Waals surface area contributed by atoms with Crippen LogP contribution in [0.3, 0.4) is 0 Å². The van der Waals surface area contributed by atoms with E-state index < -0.39 is 11.8 Å². The molecule has 1 aromatic rings. The summed E-state index contributed by atoms with van der Waals surface area (Å²) in [6.45, 7) is 6.07. The topological polar surface area (TPSA) is 117 Å². The second-order valence-electron chi connectivity index (χ2n) is 8.90. The molecule has 2 aliphatic rings. The van der Waals surface area contributed by atoms with Crippen LogP contribution < -0.4 is 16.4 Å². The minimum absolute atomic E-state index is 0.00538. The standard InChI is InChI=1S/C22H33N5O3/c1-13-4-9-19(16-5-7-17(8-6-16)25-15(3)28)27(12-13)22(30)21(29)26-18-10-14(2)20(23)24-11-18/h10-11,13,16-17,19H,4-9,12H2,1-3H3,(H2,23,24)(H,25,28)(H,26,29)/t13-,16?,17?,19?/m1/s1. The second-order valence-corrected chi connectivity index (χ2v) is 8.90. The minimum Gasteiger partial charge on any atom is -0.383 e. The number of aromatic nitrogens is 1. The third-order valence-electron chi connectivity index (χ3n) is 6.42. The molecule has 1 aliphatic heterocycles. The summed E-state index contributed by atoms with van der Waals surface area (Å²) < 4.78 is 0. The Hall–Kier alpha value is -2.64. The van der Waals surface area contributed by atoms with E-state index in [0.29, 0.717) is 29.9 Å². The average molecular weight is 416 g/mol. The number of rotatable bonds is 3. The lowest BCUT2D eigenvalue weighted by atomic mass is 9.77. The highest BCUT2D eigenvalue weighted by molar-refractivity contribution is 6.39. The first-order chi connectivity index (χ1) is 14.2. The van der Waals surface area contributed by atoms with Crippen LogP contribution in [0.5, 0.6) is 0 Å². The summed E-state index contributed by atoms with van der Waals surface area (Å²) in [5.74, 6) is 0.0239. The number of amides is 3. The Morgan fingerprint density at radius 3 is 2.47 bits per heavy atom. The Morgan fingerprint density at radius 1 is 1.13 bits per heavy atom. The van der Waals surface area contributed by atoms with Gasteiger partial charge in [0, 0.05) is 25.6 Å². The van der Waals surface area contributed by atoms with Crippen LogP contribution in [0.25, 0.3) is 0 Å². The molecule has 3 amide bonds. The first kappa shape index (κ1) is 22.1. The minimum atomic E-state index is -0.632. The van der Waals surface area contributed by atoms with Crippen molar-refractivity contribution >= 4 is 29.2 Å². The van der Waals surface area contributed by atoms with Crippen molar-refractivity contribution in [2.75, 3.05) is 17.6 Å². The lowest BCUT2D eigenvalue weighted by Crippen LogP contribution is -2.54. The van der Waals surface area contributed by atoms with Crippen molar-refractivity contribution < 1.29 is 14.4 Å². The van der Waals surface area contributed by atoms with Gasteiger partial charge in [-0.05, 0) is 68.9 Å². The fourth-order valence-corrected chi connectivity index (χ4v) is 4.80. The van der Waals surface area contributed by atoms with Gasteiger partial charge in [-0.15, -0.1) is 0 Å². The number of aryl methyl sites for hydroxylation is 1. The molecule has 0 bridgehead atoms. The van der Waals surface area contributed by atoms with Crippen LogP contribution in [0.4, 0.5) is 11.5 Å². The molecule has 2 atom stereocenters. The molecule has 2 heterocycles. The number of anilines is 2. The van der Waals surface area contributed by atoms with E-state index in [0.717, 1.165) is 44.1 Å². The summed E-state index contributed by atoms with van der Waals surface area (Å²) >= 11 is 0. The Kier molecular flexibility index (Phi) is 6.95. The first-order valence-electron chi connectivity index (χ1n) is 10.9. The van der Waals surface area contributed by atoms with E-state index in [1.807, 2.05) is 0 Å². The number of nitrogens with one attached hydrogen (secondary N) is 2. The molecular weight excluding hydrogens is 382 g/mol. The zero-order chi connectivity index (χ0) is 21.8. The highest BCUT2D eigenvalue weighted by atomic mass is 16.2. The van der Waals surface area contributed by atoms with Crippen LogP contribution in [0.15, 0.2) is 12.3 Å². The van der Waals surface area contributed by atoms with E-state index in [-0.39, 0.29) is 18.0 Å². The van der Waals surface area contributed by atoms with Gasteiger partial charge in [0.1, 0.15) is 5.82 Å². The Labute approximate surface area is 178 Å². The van der Waals surface area contributed by atoms with Crippen molar-refractivity contribution in [2.24, 2.45) is 11.8 Å². The van der Waals surface area contributed by atoms with Crippen LogP contribution in [0.2, 0.25) is 0 Å². The van der Waals surface area contributed by atoms with Crippen molar-refractivity contribution in [1.29, 1.82) is 0 Å². The first-order valence-corrected chi connectivity index (χ1v) is 10.9. The summed E-state index contributed by atoms with van der Waals surface area (Å²) in [6, 6.07) is 2.01. The number of hydrogen-bond acceptors (Lipinski definition) is 5. The third-order valence-corrected chi connectivity index (χ3v) is 6.42. The number of nitrogens with two attached hydrogens (primary N) is 1. The number of nitrogen functional groups attached to an aromatic ring is 1. The predicted molar refractivity (Wildman–Crippen MR) is 115 cm³/mol. The summed E-state index contributed by atoms with van der Waals surface area (Å²) in [7, 11) is 0. The van der Waals surface area contributed by atoms with Crippen molar-refractivity contribution in [3.63, 3.8) is 0 Å². The normalized spacial score (nSPS) is 26.7. The van der Waals surface area contributed by atoms with Crippen LogP contribution >= 0.6 is 0 Å². The molecule has 8 nitrogen and oxygen atoms in total. The van der Waals surface area contributed by atoms with Gasteiger partial charge in [-0.3, -0.25) is 14.4 Å². The van der Waals surface area contributed by atoms with Crippen molar-refractivity contribution in [1.82, 2.24) is 15.2 Å². The molecule has 0 radical (unpaired) electrons.